The molecule has 0 unspecified atom stereocenters. The first-order valence-corrected chi connectivity index (χ1v) is 4.91. The number of hydrogen-bond acceptors (Lipinski definition) is 2. The molecule has 1 aromatic rings. The van der Waals surface area contributed by atoms with Gasteiger partial charge in [-0.05, 0) is 18.6 Å². The smallest absolute Gasteiger partial charge is 0.335 e. The summed E-state index contributed by atoms with van der Waals surface area (Å²) in [5, 5.41) is 8.56. The van der Waals surface area contributed by atoms with Crippen molar-refractivity contribution in [2.45, 2.75) is 19.8 Å². The van der Waals surface area contributed by atoms with E-state index in [0.717, 1.165) is 18.6 Å². The SMILES string of the molecule is CCCCOc1c(F)cc(C(=O)O)cc1F. The summed E-state index contributed by atoms with van der Waals surface area (Å²) in [5.41, 5.74) is -0.433. The van der Waals surface area contributed by atoms with Crippen LogP contribution in [-0.2, 0) is 0 Å². The zero-order valence-corrected chi connectivity index (χ0v) is 8.80. The Labute approximate surface area is 91.7 Å². The summed E-state index contributed by atoms with van der Waals surface area (Å²) < 4.78 is 31.4. The minimum Gasteiger partial charge on any atom is -0.488 e. The number of ether oxygens (including phenoxy) is 1. The number of carboxylic acid groups (broad SMARTS) is 1. The summed E-state index contributed by atoms with van der Waals surface area (Å²) in [6, 6.07) is 1.49. The monoisotopic (exact) mass is 230 g/mol. The fourth-order valence-corrected chi connectivity index (χ4v) is 1.14. The molecule has 16 heavy (non-hydrogen) atoms. The molecule has 88 valence electrons. The lowest BCUT2D eigenvalue weighted by molar-refractivity contribution is 0.0695. The maximum atomic E-state index is 13.3. The van der Waals surface area contributed by atoms with Crippen LogP contribution in [0.4, 0.5) is 8.78 Å². The lowest BCUT2D eigenvalue weighted by Gasteiger charge is -2.08. The predicted molar refractivity (Wildman–Crippen MR) is 53.7 cm³/mol. The third-order valence-electron chi connectivity index (χ3n) is 1.99. The molecule has 0 fully saturated rings. The second kappa shape index (κ2) is 5.44. The van der Waals surface area contributed by atoms with Gasteiger partial charge >= 0.3 is 5.97 Å². The molecule has 0 aliphatic carbocycles. The van der Waals surface area contributed by atoms with Crippen LogP contribution in [0.5, 0.6) is 5.75 Å². The average molecular weight is 230 g/mol. The second-order valence-electron chi connectivity index (χ2n) is 3.28. The van der Waals surface area contributed by atoms with Gasteiger partial charge < -0.3 is 9.84 Å². The Morgan fingerprint density at radius 1 is 1.38 bits per heavy atom. The zero-order chi connectivity index (χ0) is 12.1. The van der Waals surface area contributed by atoms with Crippen molar-refractivity contribution >= 4 is 5.97 Å². The van der Waals surface area contributed by atoms with Crippen molar-refractivity contribution in [1.82, 2.24) is 0 Å². The summed E-state index contributed by atoms with van der Waals surface area (Å²) in [6.45, 7) is 2.13. The van der Waals surface area contributed by atoms with Crippen LogP contribution in [0, 0.1) is 11.6 Å². The molecular formula is C11H12F2O3. The van der Waals surface area contributed by atoms with Gasteiger partial charge in [0.2, 0.25) is 0 Å². The van der Waals surface area contributed by atoms with E-state index in [-0.39, 0.29) is 6.61 Å². The average Bonchev–Trinajstić information content (AvgIpc) is 2.21. The number of carboxylic acids is 1. The van der Waals surface area contributed by atoms with Gasteiger partial charge in [-0.15, -0.1) is 0 Å². The molecule has 1 rings (SSSR count). The van der Waals surface area contributed by atoms with Crippen LogP contribution in [-0.4, -0.2) is 17.7 Å². The number of hydrogen-bond donors (Lipinski definition) is 1. The summed E-state index contributed by atoms with van der Waals surface area (Å²) in [6.07, 6.45) is 1.52. The molecular weight excluding hydrogens is 218 g/mol. The first-order chi connectivity index (χ1) is 7.56. The molecule has 3 nitrogen and oxygen atoms in total. The zero-order valence-electron chi connectivity index (χ0n) is 8.80. The Bertz CT molecular complexity index is 368. The lowest BCUT2D eigenvalue weighted by Crippen LogP contribution is -2.04. The van der Waals surface area contributed by atoms with E-state index in [9.17, 15) is 13.6 Å². The topological polar surface area (TPSA) is 46.5 Å². The van der Waals surface area contributed by atoms with Gasteiger partial charge in [0.15, 0.2) is 17.4 Å². The summed E-state index contributed by atoms with van der Waals surface area (Å²) in [5.74, 6) is -3.88. The molecule has 0 saturated carbocycles. The van der Waals surface area contributed by atoms with Gasteiger partial charge in [-0.25, -0.2) is 13.6 Å². The maximum Gasteiger partial charge on any atom is 0.335 e. The van der Waals surface area contributed by atoms with Crippen molar-refractivity contribution in [3.63, 3.8) is 0 Å². The molecule has 0 bridgehead atoms. The predicted octanol–water partition coefficient (Wildman–Crippen LogP) is 2.84. The van der Waals surface area contributed by atoms with Gasteiger partial charge in [-0.2, -0.15) is 0 Å². The number of unbranched alkanes of at least 4 members (excludes halogenated alkanes) is 1. The lowest BCUT2D eigenvalue weighted by atomic mass is 10.2. The van der Waals surface area contributed by atoms with E-state index in [2.05, 4.69) is 0 Å². The normalized spacial score (nSPS) is 10.2. The Morgan fingerprint density at radius 2 is 1.94 bits per heavy atom. The Kier molecular flexibility index (Phi) is 4.22. The Hall–Kier alpha value is -1.65. The molecule has 0 aliphatic rings. The fraction of sp³-hybridized carbons (Fsp3) is 0.364. The number of aromatic carboxylic acids is 1. The van der Waals surface area contributed by atoms with Crippen LogP contribution in [0.3, 0.4) is 0 Å². The van der Waals surface area contributed by atoms with E-state index in [4.69, 9.17) is 9.84 Å². The highest BCUT2D eigenvalue weighted by Gasteiger charge is 2.15. The fourth-order valence-electron chi connectivity index (χ4n) is 1.14. The van der Waals surface area contributed by atoms with Crippen molar-refractivity contribution in [3.05, 3.63) is 29.3 Å². The number of benzene rings is 1. The first kappa shape index (κ1) is 12.4. The molecule has 0 spiro atoms. The van der Waals surface area contributed by atoms with Crippen LogP contribution in [0.25, 0.3) is 0 Å². The van der Waals surface area contributed by atoms with Crippen molar-refractivity contribution in [3.8, 4) is 5.75 Å². The van der Waals surface area contributed by atoms with E-state index in [1.54, 1.807) is 0 Å². The summed E-state index contributed by atoms with van der Waals surface area (Å²) >= 11 is 0. The van der Waals surface area contributed by atoms with E-state index >= 15 is 0 Å². The molecule has 0 atom stereocenters. The molecule has 0 aromatic heterocycles. The largest absolute Gasteiger partial charge is 0.488 e. The van der Waals surface area contributed by atoms with E-state index in [1.807, 2.05) is 6.92 Å². The van der Waals surface area contributed by atoms with Gasteiger partial charge in [-0.1, -0.05) is 13.3 Å². The Balaban J connectivity index is 2.89. The standard InChI is InChI=1S/C11H12F2O3/c1-2-3-4-16-10-8(12)5-7(11(14)15)6-9(10)13/h5-6H,2-4H2,1H3,(H,14,15). The van der Waals surface area contributed by atoms with E-state index < -0.39 is 28.9 Å². The number of halogens is 2. The number of carbonyl (C=O) groups is 1. The third-order valence-corrected chi connectivity index (χ3v) is 1.99. The molecule has 1 aromatic carbocycles. The quantitative estimate of drug-likeness (QED) is 0.791. The van der Waals surface area contributed by atoms with Crippen LogP contribution in [0.1, 0.15) is 30.1 Å². The van der Waals surface area contributed by atoms with Gasteiger partial charge in [0.25, 0.3) is 0 Å². The van der Waals surface area contributed by atoms with Crippen molar-refractivity contribution in [2.75, 3.05) is 6.61 Å². The first-order valence-electron chi connectivity index (χ1n) is 4.91. The molecule has 0 aliphatic heterocycles. The number of rotatable bonds is 5. The third kappa shape index (κ3) is 2.92. The van der Waals surface area contributed by atoms with Crippen LogP contribution < -0.4 is 4.74 Å². The van der Waals surface area contributed by atoms with Crippen molar-refractivity contribution in [1.29, 1.82) is 0 Å². The van der Waals surface area contributed by atoms with Crippen LogP contribution in [0.2, 0.25) is 0 Å². The molecule has 0 saturated heterocycles. The van der Waals surface area contributed by atoms with Gasteiger partial charge in [0.1, 0.15) is 0 Å². The highest BCUT2D eigenvalue weighted by molar-refractivity contribution is 5.87. The maximum absolute atomic E-state index is 13.3. The van der Waals surface area contributed by atoms with Crippen molar-refractivity contribution in [2.24, 2.45) is 0 Å². The van der Waals surface area contributed by atoms with Crippen LogP contribution >= 0.6 is 0 Å². The van der Waals surface area contributed by atoms with Crippen molar-refractivity contribution < 1.29 is 23.4 Å². The minimum atomic E-state index is -1.38. The molecule has 0 heterocycles. The molecule has 5 heteroatoms. The molecule has 0 radical (unpaired) electrons. The van der Waals surface area contributed by atoms with Gasteiger partial charge in [-0.3, -0.25) is 0 Å². The van der Waals surface area contributed by atoms with Gasteiger partial charge in [0, 0.05) is 0 Å². The minimum absolute atomic E-state index is 0.205. The van der Waals surface area contributed by atoms with Crippen LogP contribution in [0.15, 0.2) is 12.1 Å². The highest BCUT2D eigenvalue weighted by Crippen LogP contribution is 2.23. The summed E-state index contributed by atoms with van der Waals surface area (Å²) in [7, 11) is 0. The van der Waals surface area contributed by atoms with E-state index in [1.165, 1.54) is 0 Å². The van der Waals surface area contributed by atoms with Gasteiger partial charge in [0.05, 0.1) is 12.2 Å². The summed E-state index contributed by atoms with van der Waals surface area (Å²) in [4.78, 5) is 10.5. The molecule has 0 amide bonds. The van der Waals surface area contributed by atoms with E-state index in [0.29, 0.717) is 6.42 Å². The highest BCUT2D eigenvalue weighted by atomic mass is 19.1. The molecule has 1 N–H and O–H groups in total. The second-order valence-corrected chi connectivity index (χ2v) is 3.28. The Morgan fingerprint density at radius 3 is 2.38 bits per heavy atom.